The van der Waals surface area contributed by atoms with Crippen LogP contribution >= 0.6 is 11.9 Å². The Hall–Kier alpha value is -1.09. The molecule has 0 aromatic carbocycles. The monoisotopic (exact) mass is 162 g/mol. The smallest absolute Gasteiger partial charge is 0.0784 e. The molecule has 1 aliphatic heterocycles. The molecule has 0 unspecified atom stereocenters. The molecule has 0 saturated carbocycles. The zero-order valence-corrected chi connectivity index (χ0v) is 6.58. The van der Waals surface area contributed by atoms with E-state index in [9.17, 15) is 0 Å². The van der Waals surface area contributed by atoms with Crippen LogP contribution in [-0.4, -0.2) is 11.2 Å². The molecule has 1 aliphatic rings. The first-order valence-electron chi connectivity index (χ1n) is 3.29. The summed E-state index contributed by atoms with van der Waals surface area (Å²) in [5.41, 5.74) is 0.995. The van der Waals surface area contributed by atoms with Crippen LogP contribution in [0.25, 0.3) is 6.08 Å². The summed E-state index contributed by atoms with van der Waals surface area (Å²) < 4.78 is 4.08. The first kappa shape index (κ1) is 6.61. The SMILES string of the molecule is C1=Cc2ncccc2SN=C1. The van der Waals surface area contributed by atoms with Gasteiger partial charge >= 0.3 is 0 Å². The number of allylic oxidation sites excluding steroid dienone is 1. The normalized spacial score (nSPS) is 14.2. The quantitative estimate of drug-likeness (QED) is 0.546. The van der Waals surface area contributed by atoms with Crippen LogP contribution in [0.3, 0.4) is 0 Å². The third kappa shape index (κ3) is 1.33. The van der Waals surface area contributed by atoms with Gasteiger partial charge in [0.2, 0.25) is 0 Å². The molecule has 0 radical (unpaired) electrons. The van der Waals surface area contributed by atoms with E-state index in [4.69, 9.17) is 0 Å². The average Bonchev–Trinajstić information content (AvgIpc) is 2.28. The Balaban J connectivity index is 2.52. The standard InChI is InChI=1S/C8H6N2S/c1-3-7-8(11-10-6-1)4-2-5-9-7/h1-6H. The number of hydrogen-bond acceptors (Lipinski definition) is 3. The average molecular weight is 162 g/mol. The van der Waals surface area contributed by atoms with Crippen molar-refractivity contribution in [2.24, 2.45) is 4.40 Å². The van der Waals surface area contributed by atoms with Gasteiger partial charge in [-0.05, 0) is 24.3 Å². The first-order valence-corrected chi connectivity index (χ1v) is 4.06. The molecule has 0 atom stereocenters. The van der Waals surface area contributed by atoms with Gasteiger partial charge in [0.1, 0.15) is 0 Å². The van der Waals surface area contributed by atoms with Gasteiger partial charge in [0.15, 0.2) is 0 Å². The molecule has 0 amide bonds. The Kier molecular flexibility index (Phi) is 1.73. The first-order chi connectivity index (χ1) is 5.47. The Morgan fingerprint density at radius 3 is 3.36 bits per heavy atom. The Labute approximate surface area is 69.2 Å². The van der Waals surface area contributed by atoms with Crippen molar-refractivity contribution in [2.75, 3.05) is 0 Å². The zero-order chi connectivity index (χ0) is 7.52. The number of nitrogens with zero attached hydrogens (tertiary/aromatic N) is 2. The van der Waals surface area contributed by atoms with Crippen LogP contribution in [0.2, 0.25) is 0 Å². The summed E-state index contributed by atoms with van der Waals surface area (Å²) in [5.74, 6) is 0. The highest BCUT2D eigenvalue weighted by Gasteiger charge is 2.00. The summed E-state index contributed by atoms with van der Waals surface area (Å²) in [6.45, 7) is 0. The van der Waals surface area contributed by atoms with Gasteiger partial charge in [-0.3, -0.25) is 4.98 Å². The Morgan fingerprint density at radius 2 is 2.36 bits per heavy atom. The Morgan fingerprint density at radius 1 is 1.36 bits per heavy atom. The van der Waals surface area contributed by atoms with E-state index in [0.717, 1.165) is 10.6 Å². The van der Waals surface area contributed by atoms with Crippen LogP contribution in [0.1, 0.15) is 5.69 Å². The molecule has 0 fully saturated rings. The largest absolute Gasteiger partial charge is 0.256 e. The van der Waals surface area contributed by atoms with Crippen LogP contribution < -0.4 is 0 Å². The zero-order valence-electron chi connectivity index (χ0n) is 5.77. The van der Waals surface area contributed by atoms with Crippen LogP contribution in [0.4, 0.5) is 0 Å². The van der Waals surface area contributed by atoms with Gasteiger partial charge in [0.25, 0.3) is 0 Å². The van der Waals surface area contributed by atoms with E-state index in [0.29, 0.717) is 0 Å². The molecule has 11 heavy (non-hydrogen) atoms. The van der Waals surface area contributed by atoms with Gasteiger partial charge in [-0.15, -0.1) is 0 Å². The van der Waals surface area contributed by atoms with Gasteiger partial charge in [0, 0.05) is 24.4 Å². The fraction of sp³-hybridized carbons (Fsp3) is 0. The highest BCUT2D eigenvalue weighted by molar-refractivity contribution is 7.98. The molecule has 3 heteroatoms. The summed E-state index contributed by atoms with van der Waals surface area (Å²) in [6.07, 6.45) is 7.41. The minimum absolute atomic E-state index is 0.995. The number of aromatic nitrogens is 1. The number of hydrogen-bond donors (Lipinski definition) is 0. The lowest BCUT2D eigenvalue weighted by molar-refractivity contribution is 1.21. The minimum atomic E-state index is 0.995. The van der Waals surface area contributed by atoms with Crippen molar-refractivity contribution >= 4 is 24.2 Å². The van der Waals surface area contributed by atoms with Crippen molar-refractivity contribution in [1.29, 1.82) is 0 Å². The molecule has 0 N–H and O–H groups in total. The van der Waals surface area contributed by atoms with Crippen molar-refractivity contribution in [3.63, 3.8) is 0 Å². The van der Waals surface area contributed by atoms with Gasteiger partial charge in [-0.1, -0.05) is 0 Å². The number of fused-ring (bicyclic) bond motifs is 1. The Bertz CT molecular complexity index is 318. The molecular formula is C8H6N2S. The third-order valence-electron chi connectivity index (χ3n) is 1.35. The van der Waals surface area contributed by atoms with E-state index >= 15 is 0 Å². The molecule has 54 valence electrons. The topological polar surface area (TPSA) is 25.2 Å². The lowest BCUT2D eigenvalue weighted by Gasteiger charge is -1.96. The maximum Gasteiger partial charge on any atom is 0.0784 e. The summed E-state index contributed by atoms with van der Waals surface area (Å²) in [4.78, 5) is 5.30. The van der Waals surface area contributed by atoms with Crippen LogP contribution in [-0.2, 0) is 0 Å². The second kappa shape index (κ2) is 2.88. The van der Waals surface area contributed by atoms with E-state index in [1.807, 2.05) is 24.3 Å². The van der Waals surface area contributed by atoms with Crippen molar-refractivity contribution in [2.45, 2.75) is 4.90 Å². The maximum absolute atomic E-state index is 4.19. The molecule has 0 bridgehead atoms. The van der Waals surface area contributed by atoms with E-state index < -0.39 is 0 Å². The molecule has 0 spiro atoms. The minimum Gasteiger partial charge on any atom is -0.256 e. The predicted molar refractivity (Wildman–Crippen MR) is 47.6 cm³/mol. The predicted octanol–water partition coefficient (Wildman–Crippen LogP) is 2.19. The van der Waals surface area contributed by atoms with Crippen molar-refractivity contribution in [3.05, 3.63) is 30.1 Å². The van der Waals surface area contributed by atoms with Crippen LogP contribution in [0.5, 0.6) is 0 Å². The molecule has 0 saturated heterocycles. The third-order valence-corrected chi connectivity index (χ3v) is 2.12. The molecule has 2 heterocycles. The summed E-state index contributed by atoms with van der Waals surface area (Å²) in [7, 11) is 0. The molecular weight excluding hydrogens is 156 g/mol. The second-order valence-electron chi connectivity index (χ2n) is 2.09. The van der Waals surface area contributed by atoms with Gasteiger partial charge in [-0.25, -0.2) is 4.40 Å². The lowest BCUT2D eigenvalue weighted by Crippen LogP contribution is -1.80. The molecule has 2 nitrogen and oxygen atoms in total. The van der Waals surface area contributed by atoms with Crippen LogP contribution in [0, 0.1) is 0 Å². The fourth-order valence-corrected chi connectivity index (χ4v) is 1.46. The number of pyridine rings is 1. The second-order valence-corrected chi connectivity index (χ2v) is 2.92. The molecule has 0 aliphatic carbocycles. The fourth-order valence-electron chi connectivity index (χ4n) is 0.862. The maximum atomic E-state index is 4.19. The highest BCUT2D eigenvalue weighted by Crippen LogP contribution is 2.23. The van der Waals surface area contributed by atoms with E-state index in [-0.39, 0.29) is 0 Å². The van der Waals surface area contributed by atoms with E-state index in [1.165, 1.54) is 11.9 Å². The van der Waals surface area contributed by atoms with Crippen molar-refractivity contribution in [3.8, 4) is 0 Å². The van der Waals surface area contributed by atoms with E-state index in [2.05, 4.69) is 9.38 Å². The van der Waals surface area contributed by atoms with Gasteiger partial charge in [-0.2, -0.15) is 0 Å². The summed E-state index contributed by atoms with van der Waals surface area (Å²) >= 11 is 1.45. The van der Waals surface area contributed by atoms with E-state index in [1.54, 1.807) is 12.4 Å². The lowest BCUT2D eigenvalue weighted by atomic mass is 10.3. The van der Waals surface area contributed by atoms with Crippen molar-refractivity contribution < 1.29 is 0 Å². The van der Waals surface area contributed by atoms with Crippen molar-refractivity contribution in [1.82, 2.24) is 4.98 Å². The summed E-state index contributed by atoms with van der Waals surface area (Å²) in [6, 6.07) is 3.93. The molecule has 1 aromatic heterocycles. The molecule has 1 aromatic rings. The summed E-state index contributed by atoms with van der Waals surface area (Å²) in [5, 5.41) is 0. The van der Waals surface area contributed by atoms with Crippen LogP contribution in [0.15, 0.2) is 33.7 Å². The van der Waals surface area contributed by atoms with Gasteiger partial charge in [0.05, 0.1) is 10.6 Å². The molecule has 2 rings (SSSR count). The van der Waals surface area contributed by atoms with Gasteiger partial charge < -0.3 is 0 Å². The number of rotatable bonds is 0. The highest BCUT2D eigenvalue weighted by atomic mass is 32.2.